The summed E-state index contributed by atoms with van der Waals surface area (Å²) in [4.78, 5) is 1.15. The summed E-state index contributed by atoms with van der Waals surface area (Å²) in [5.41, 5.74) is 0.685. The van der Waals surface area contributed by atoms with E-state index in [0.29, 0.717) is 18.7 Å². The van der Waals surface area contributed by atoms with E-state index in [-0.39, 0.29) is 5.82 Å². The molecule has 1 N–H and O–H groups in total. The average Bonchev–Trinajstić information content (AvgIpc) is 2.67. The van der Waals surface area contributed by atoms with Gasteiger partial charge in [0.05, 0.1) is 4.34 Å². The molecule has 1 heterocycles. The molecule has 0 aliphatic rings. The van der Waals surface area contributed by atoms with Crippen molar-refractivity contribution in [1.82, 2.24) is 5.32 Å². The van der Waals surface area contributed by atoms with Crippen LogP contribution in [0.4, 0.5) is 4.39 Å². The third kappa shape index (κ3) is 3.04. The molecule has 0 unspecified atom stereocenters. The Labute approximate surface area is 103 Å². The van der Waals surface area contributed by atoms with Gasteiger partial charge in [0.2, 0.25) is 0 Å². The minimum absolute atomic E-state index is 0.167. The highest BCUT2D eigenvalue weighted by molar-refractivity contribution is 7.16. The molecule has 0 bridgehead atoms. The van der Waals surface area contributed by atoms with Crippen LogP contribution in [-0.4, -0.2) is 0 Å². The molecule has 0 spiro atoms. The first-order valence-corrected chi connectivity index (χ1v) is 6.13. The van der Waals surface area contributed by atoms with Crippen molar-refractivity contribution in [1.29, 1.82) is 0 Å². The van der Waals surface area contributed by atoms with Crippen molar-refractivity contribution in [3.63, 3.8) is 0 Å². The molecule has 16 heavy (non-hydrogen) atoms. The second-order valence-electron chi connectivity index (χ2n) is 3.40. The summed E-state index contributed by atoms with van der Waals surface area (Å²) in [6, 6.07) is 10.6. The van der Waals surface area contributed by atoms with Crippen molar-refractivity contribution < 1.29 is 4.39 Å². The number of hydrogen-bond acceptors (Lipinski definition) is 2. The average molecular weight is 256 g/mol. The van der Waals surface area contributed by atoms with Crippen LogP contribution in [0.2, 0.25) is 4.34 Å². The summed E-state index contributed by atoms with van der Waals surface area (Å²) >= 11 is 7.35. The van der Waals surface area contributed by atoms with Gasteiger partial charge in [-0.1, -0.05) is 29.8 Å². The van der Waals surface area contributed by atoms with Crippen LogP contribution >= 0.6 is 22.9 Å². The molecular formula is C12H11ClFNS. The van der Waals surface area contributed by atoms with Gasteiger partial charge in [0.1, 0.15) is 5.82 Å². The van der Waals surface area contributed by atoms with E-state index in [4.69, 9.17) is 11.6 Å². The fourth-order valence-corrected chi connectivity index (χ4v) is 2.47. The topological polar surface area (TPSA) is 12.0 Å². The van der Waals surface area contributed by atoms with Crippen molar-refractivity contribution >= 4 is 22.9 Å². The minimum Gasteiger partial charge on any atom is -0.308 e. The van der Waals surface area contributed by atoms with Gasteiger partial charge in [-0.3, -0.25) is 0 Å². The fourth-order valence-electron chi connectivity index (χ4n) is 1.41. The number of thiophene rings is 1. The zero-order valence-corrected chi connectivity index (χ0v) is 10.1. The maximum atomic E-state index is 13.3. The number of hydrogen-bond donors (Lipinski definition) is 1. The second-order valence-corrected chi connectivity index (χ2v) is 5.20. The zero-order chi connectivity index (χ0) is 11.4. The van der Waals surface area contributed by atoms with Crippen molar-refractivity contribution in [3.05, 3.63) is 57.0 Å². The molecule has 0 atom stereocenters. The molecule has 0 aliphatic heterocycles. The van der Waals surface area contributed by atoms with E-state index >= 15 is 0 Å². The Kier molecular flexibility index (Phi) is 3.93. The van der Waals surface area contributed by atoms with Crippen LogP contribution in [0.15, 0.2) is 36.4 Å². The summed E-state index contributed by atoms with van der Waals surface area (Å²) in [6.07, 6.45) is 0. The summed E-state index contributed by atoms with van der Waals surface area (Å²) < 4.78 is 14.0. The molecule has 2 aromatic rings. The summed E-state index contributed by atoms with van der Waals surface area (Å²) in [6.45, 7) is 1.24. The van der Waals surface area contributed by atoms with Crippen LogP contribution in [0.5, 0.6) is 0 Å². The Morgan fingerprint density at radius 3 is 2.62 bits per heavy atom. The minimum atomic E-state index is -0.167. The normalized spacial score (nSPS) is 10.6. The van der Waals surface area contributed by atoms with Gasteiger partial charge < -0.3 is 5.32 Å². The van der Waals surface area contributed by atoms with Crippen molar-refractivity contribution in [2.45, 2.75) is 13.1 Å². The molecule has 0 fully saturated rings. The van der Waals surface area contributed by atoms with Gasteiger partial charge in [0.25, 0.3) is 0 Å². The lowest BCUT2D eigenvalue weighted by Crippen LogP contribution is -2.12. The lowest BCUT2D eigenvalue weighted by Gasteiger charge is -2.04. The second kappa shape index (κ2) is 5.43. The number of halogens is 2. The quantitative estimate of drug-likeness (QED) is 0.876. The molecule has 1 nitrogen and oxygen atoms in total. The SMILES string of the molecule is Fc1ccccc1CNCc1ccc(Cl)s1. The van der Waals surface area contributed by atoms with Crippen LogP contribution < -0.4 is 5.32 Å². The van der Waals surface area contributed by atoms with Crippen molar-refractivity contribution in [2.75, 3.05) is 0 Å². The predicted molar refractivity (Wildman–Crippen MR) is 66.3 cm³/mol. The Hall–Kier alpha value is -0.900. The van der Waals surface area contributed by atoms with E-state index in [1.807, 2.05) is 18.2 Å². The smallest absolute Gasteiger partial charge is 0.127 e. The fraction of sp³-hybridized carbons (Fsp3) is 0.167. The third-order valence-corrected chi connectivity index (χ3v) is 3.43. The molecule has 0 saturated heterocycles. The molecule has 0 amide bonds. The first kappa shape index (κ1) is 11.6. The lowest BCUT2D eigenvalue weighted by atomic mass is 10.2. The van der Waals surface area contributed by atoms with E-state index < -0.39 is 0 Å². The largest absolute Gasteiger partial charge is 0.308 e. The Morgan fingerprint density at radius 2 is 1.94 bits per heavy atom. The highest BCUT2D eigenvalue weighted by Gasteiger charge is 2.01. The Balaban J connectivity index is 1.87. The number of benzene rings is 1. The van der Waals surface area contributed by atoms with Crippen LogP contribution in [0.25, 0.3) is 0 Å². The molecule has 1 aromatic heterocycles. The van der Waals surface area contributed by atoms with Gasteiger partial charge in [-0.15, -0.1) is 11.3 Å². The Bertz CT molecular complexity index is 470. The monoisotopic (exact) mass is 255 g/mol. The van der Waals surface area contributed by atoms with Gasteiger partial charge in [0.15, 0.2) is 0 Å². The van der Waals surface area contributed by atoms with Gasteiger partial charge >= 0.3 is 0 Å². The van der Waals surface area contributed by atoms with E-state index in [0.717, 1.165) is 9.21 Å². The maximum Gasteiger partial charge on any atom is 0.127 e. The summed E-state index contributed by atoms with van der Waals surface area (Å²) in [5, 5.41) is 3.18. The highest BCUT2D eigenvalue weighted by atomic mass is 35.5. The first-order valence-electron chi connectivity index (χ1n) is 4.94. The zero-order valence-electron chi connectivity index (χ0n) is 8.54. The predicted octanol–water partition coefficient (Wildman–Crippen LogP) is 3.83. The van der Waals surface area contributed by atoms with Crippen LogP contribution in [-0.2, 0) is 13.1 Å². The van der Waals surface area contributed by atoms with Gasteiger partial charge in [0, 0.05) is 23.5 Å². The third-order valence-electron chi connectivity index (χ3n) is 2.20. The molecule has 0 saturated carbocycles. The summed E-state index contributed by atoms with van der Waals surface area (Å²) in [5.74, 6) is -0.167. The lowest BCUT2D eigenvalue weighted by molar-refractivity contribution is 0.589. The molecule has 0 aliphatic carbocycles. The number of nitrogens with one attached hydrogen (secondary N) is 1. The van der Waals surface area contributed by atoms with Crippen molar-refractivity contribution in [2.24, 2.45) is 0 Å². The Morgan fingerprint density at radius 1 is 1.12 bits per heavy atom. The van der Waals surface area contributed by atoms with E-state index in [9.17, 15) is 4.39 Å². The molecule has 0 radical (unpaired) electrons. The molecular weight excluding hydrogens is 245 g/mol. The molecule has 2 rings (SSSR count). The number of rotatable bonds is 4. The maximum absolute atomic E-state index is 13.3. The highest BCUT2D eigenvalue weighted by Crippen LogP contribution is 2.21. The molecule has 4 heteroatoms. The summed E-state index contributed by atoms with van der Waals surface area (Å²) in [7, 11) is 0. The standard InChI is InChI=1S/C12H11ClFNS/c13-12-6-5-10(16-12)8-15-7-9-3-1-2-4-11(9)14/h1-6,15H,7-8H2. The van der Waals surface area contributed by atoms with Crippen molar-refractivity contribution in [3.8, 4) is 0 Å². The van der Waals surface area contributed by atoms with Gasteiger partial charge in [-0.05, 0) is 18.2 Å². The van der Waals surface area contributed by atoms with E-state index in [2.05, 4.69) is 5.32 Å². The van der Waals surface area contributed by atoms with E-state index in [1.165, 1.54) is 17.4 Å². The molecule has 84 valence electrons. The van der Waals surface area contributed by atoms with Crippen LogP contribution in [0.3, 0.4) is 0 Å². The van der Waals surface area contributed by atoms with Crippen LogP contribution in [0.1, 0.15) is 10.4 Å². The first-order chi connectivity index (χ1) is 7.75. The van der Waals surface area contributed by atoms with E-state index in [1.54, 1.807) is 12.1 Å². The molecule has 1 aromatic carbocycles. The van der Waals surface area contributed by atoms with Crippen LogP contribution in [0, 0.1) is 5.82 Å². The van der Waals surface area contributed by atoms with Gasteiger partial charge in [-0.2, -0.15) is 0 Å². The van der Waals surface area contributed by atoms with Gasteiger partial charge in [-0.25, -0.2) is 4.39 Å².